The van der Waals surface area contributed by atoms with Crippen LogP contribution in [0.3, 0.4) is 0 Å². The van der Waals surface area contributed by atoms with Gasteiger partial charge in [0.25, 0.3) is 0 Å². The van der Waals surface area contributed by atoms with Crippen LogP contribution in [0.1, 0.15) is 208 Å². The van der Waals surface area contributed by atoms with E-state index in [2.05, 4.69) is 254 Å². The van der Waals surface area contributed by atoms with Crippen molar-refractivity contribution in [2.24, 2.45) is 0 Å². The summed E-state index contributed by atoms with van der Waals surface area (Å²) in [6.45, 7) is 38.2. The second-order valence-electron chi connectivity index (χ2n) is 22.4. The first-order chi connectivity index (χ1) is 33.4. The molecule has 7 aromatic rings. The van der Waals surface area contributed by atoms with Gasteiger partial charge >= 0.3 is 449 Å². The summed E-state index contributed by atoms with van der Waals surface area (Å²) in [5.74, 6) is 3.21. The van der Waals surface area contributed by atoms with Crippen LogP contribution >= 0.6 is 0 Å². The van der Waals surface area contributed by atoms with Crippen molar-refractivity contribution >= 4 is 53.0 Å². The van der Waals surface area contributed by atoms with Gasteiger partial charge in [-0.1, -0.05) is 0 Å². The van der Waals surface area contributed by atoms with Crippen LogP contribution in [0.4, 0.5) is 0 Å². The van der Waals surface area contributed by atoms with Gasteiger partial charge in [-0.15, -0.1) is 0 Å². The molecule has 0 bridgehead atoms. The Morgan fingerprint density at radius 1 is 0.314 bits per heavy atom. The van der Waals surface area contributed by atoms with Crippen molar-refractivity contribution in [1.82, 2.24) is 0 Å². The Morgan fingerprint density at radius 2 is 0.571 bits per heavy atom. The van der Waals surface area contributed by atoms with E-state index >= 15 is 0 Å². The van der Waals surface area contributed by atoms with Crippen LogP contribution in [0.5, 0.6) is 0 Å². The standard InChI is InChI=1S/2C30H37.C8H6.2Sn.2H/c2*1-19(2)25-14-10-15-26(20(3)4)29(25)23-12-9-13-24(18-23)30-27(21(5)6)16-11-17-28(30)22(7)8;1-2-8-6-4-3-5-7-8;;;;/h2*9-17,19-22H,1-8H3;1,3-7H;;;;. The van der Waals surface area contributed by atoms with E-state index in [4.69, 9.17) is 0 Å². The molecule has 0 heterocycles. The maximum absolute atomic E-state index is 2.90. The van der Waals surface area contributed by atoms with Crippen LogP contribution in [0.2, 0.25) is 0 Å². The van der Waals surface area contributed by atoms with Gasteiger partial charge in [0.2, 0.25) is 0 Å². The summed E-state index contributed by atoms with van der Waals surface area (Å²) in [6.07, 6.45) is 0. The molecule has 0 nitrogen and oxygen atoms in total. The third-order valence-electron chi connectivity index (χ3n) is 14.7. The molecule has 0 saturated heterocycles. The summed E-state index contributed by atoms with van der Waals surface area (Å²) in [7, 11) is 0. The Labute approximate surface area is 445 Å². The molecular formula is C68H82Sn2. The predicted molar refractivity (Wildman–Crippen MR) is 315 cm³/mol. The van der Waals surface area contributed by atoms with Gasteiger partial charge in [-0.25, -0.2) is 0 Å². The van der Waals surface area contributed by atoms with Crippen LogP contribution in [0.25, 0.3) is 48.1 Å². The topological polar surface area (TPSA) is 0 Å². The first kappa shape index (κ1) is 53.7. The number of hydrogen-bond acceptors (Lipinski definition) is 0. The van der Waals surface area contributed by atoms with Crippen molar-refractivity contribution in [2.75, 3.05) is 0 Å². The van der Waals surface area contributed by atoms with E-state index in [-0.39, 0.29) is 0 Å². The van der Waals surface area contributed by atoms with Gasteiger partial charge in [0, 0.05) is 0 Å². The average molecular weight is 1140 g/mol. The fourth-order valence-corrected chi connectivity index (χ4v) is 23.8. The van der Waals surface area contributed by atoms with Crippen LogP contribution < -0.4 is 7.16 Å². The molecule has 0 amide bonds. The Morgan fingerprint density at radius 3 is 0.857 bits per heavy atom. The summed E-state index contributed by atoms with van der Waals surface area (Å²) >= 11 is -3.66. The summed E-state index contributed by atoms with van der Waals surface area (Å²) < 4.78 is 7.81. The maximum atomic E-state index is 2.90. The van der Waals surface area contributed by atoms with E-state index in [1.54, 1.807) is 10.7 Å². The van der Waals surface area contributed by atoms with Crippen LogP contribution in [0, 0.1) is 0 Å². The fourth-order valence-electron chi connectivity index (χ4n) is 11.1. The Balaban J connectivity index is 1.61. The van der Waals surface area contributed by atoms with E-state index in [0.717, 1.165) is 0 Å². The zero-order chi connectivity index (χ0) is 50.6. The average Bonchev–Trinajstić information content (AvgIpc) is 3.34. The van der Waals surface area contributed by atoms with E-state index in [9.17, 15) is 0 Å². The molecule has 2 radical (unpaired) electrons. The zero-order valence-electron chi connectivity index (χ0n) is 45.7. The molecule has 0 spiro atoms. The Bertz CT molecular complexity index is 2670. The van der Waals surface area contributed by atoms with Gasteiger partial charge in [0.05, 0.1) is 0 Å². The van der Waals surface area contributed by atoms with Gasteiger partial charge in [0.1, 0.15) is 0 Å². The molecule has 7 aromatic carbocycles. The van der Waals surface area contributed by atoms with Crippen LogP contribution in [-0.4, -0.2) is 42.3 Å². The monoisotopic (exact) mass is 1140 g/mol. The fraction of sp³-hybridized carbons (Fsp3) is 0.353. The SMILES string of the molecule is CC(C)c1cccc(C(C)C)c1-c1cccc(-c2c(C(C)C)cccc2C(C)C)[c]1[Sn]/[CH]=[C](\[SnH2][c]1c(-c2c(C(C)C)cccc2C(C)C)cccc1-c1c(C(C)C)cccc1C(C)C)c1ccccc1. The molecule has 0 aromatic heterocycles. The second-order valence-corrected chi connectivity index (χ2v) is 30.7. The number of hydrogen-bond donors (Lipinski definition) is 0. The van der Waals surface area contributed by atoms with Gasteiger partial charge < -0.3 is 0 Å². The number of benzene rings is 7. The minimum atomic E-state index is -2.16. The van der Waals surface area contributed by atoms with Crippen molar-refractivity contribution in [3.8, 4) is 44.5 Å². The molecule has 0 unspecified atom stereocenters. The molecule has 7 rings (SSSR count). The molecule has 0 aliphatic carbocycles. The first-order valence-electron chi connectivity index (χ1n) is 26.7. The van der Waals surface area contributed by atoms with Crippen molar-refractivity contribution in [3.63, 3.8) is 0 Å². The van der Waals surface area contributed by atoms with Gasteiger partial charge in [0.15, 0.2) is 0 Å². The van der Waals surface area contributed by atoms with Crippen molar-refractivity contribution in [3.05, 3.63) is 194 Å². The van der Waals surface area contributed by atoms with Crippen molar-refractivity contribution in [2.45, 2.75) is 158 Å². The third-order valence-corrected chi connectivity index (χ3v) is 27.8. The molecule has 0 atom stereocenters. The van der Waals surface area contributed by atoms with Gasteiger partial charge in [-0.3, -0.25) is 0 Å². The van der Waals surface area contributed by atoms with Crippen molar-refractivity contribution in [1.29, 1.82) is 0 Å². The van der Waals surface area contributed by atoms with Crippen molar-refractivity contribution < 1.29 is 0 Å². The number of rotatable bonds is 17. The summed E-state index contributed by atoms with van der Waals surface area (Å²) in [6, 6.07) is 55.0. The molecule has 0 saturated carbocycles. The minimum absolute atomic E-state index is 0.400. The summed E-state index contributed by atoms with van der Waals surface area (Å²) in [5.41, 5.74) is 24.9. The molecule has 0 N–H and O–H groups in total. The van der Waals surface area contributed by atoms with E-state index in [1.165, 1.54) is 94.6 Å². The Kier molecular flexibility index (Phi) is 18.1. The normalized spacial score (nSPS) is 12.5. The summed E-state index contributed by atoms with van der Waals surface area (Å²) in [5, 5.41) is 0. The molecule has 362 valence electrons. The first-order valence-corrected chi connectivity index (χ1v) is 33.8. The third kappa shape index (κ3) is 11.4. The van der Waals surface area contributed by atoms with Crippen LogP contribution in [-0.2, 0) is 0 Å². The quantitative estimate of drug-likeness (QED) is 0.0797. The van der Waals surface area contributed by atoms with E-state index in [1.807, 2.05) is 0 Å². The summed E-state index contributed by atoms with van der Waals surface area (Å²) in [4.78, 5) is 0. The molecule has 2 heteroatoms. The zero-order valence-corrected chi connectivity index (χ0v) is 52.6. The van der Waals surface area contributed by atoms with Crippen LogP contribution in [0.15, 0.2) is 144 Å². The molecule has 0 fully saturated rings. The van der Waals surface area contributed by atoms with Gasteiger partial charge in [-0.05, 0) is 0 Å². The predicted octanol–water partition coefficient (Wildman–Crippen LogP) is 18.2. The van der Waals surface area contributed by atoms with E-state index in [0.29, 0.717) is 47.3 Å². The molecular weight excluding hydrogens is 1050 g/mol. The molecule has 0 aliphatic heterocycles. The Hall–Kier alpha value is -4.12. The second kappa shape index (κ2) is 23.6. The molecule has 0 aliphatic rings. The van der Waals surface area contributed by atoms with Gasteiger partial charge in [-0.2, -0.15) is 0 Å². The molecule has 70 heavy (non-hydrogen) atoms. The van der Waals surface area contributed by atoms with E-state index < -0.39 is 42.3 Å².